The van der Waals surface area contributed by atoms with Crippen LogP contribution in [0.15, 0.2) is 41.5 Å². The molecule has 0 aromatic heterocycles. The summed E-state index contributed by atoms with van der Waals surface area (Å²) < 4.78 is 5.69. The molecular weight excluding hydrogens is 450 g/mol. The second-order valence-corrected chi connectivity index (χ2v) is 12.4. The summed E-state index contributed by atoms with van der Waals surface area (Å²) in [5.74, 6) is 1.95. The number of rotatable bonds is 5. The molecule has 5 heteroatoms. The molecule has 1 aromatic rings. The molecule has 3 unspecified atom stereocenters. The number of ketones is 1. The van der Waals surface area contributed by atoms with Crippen molar-refractivity contribution in [1.29, 1.82) is 0 Å². The van der Waals surface area contributed by atoms with E-state index in [4.69, 9.17) is 4.74 Å². The van der Waals surface area contributed by atoms with Gasteiger partial charge in [0.15, 0.2) is 0 Å². The molecule has 36 heavy (non-hydrogen) atoms. The van der Waals surface area contributed by atoms with Gasteiger partial charge in [-0.2, -0.15) is 0 Å². The highest BCUT2D eigenvalue weighted by atomic mass is 16.5. The van der Waals surface area contributed by atoms with Crippen LogP contribution in [-0.2, 0) is 14.3 Å². The predicted molar refractivity (Wildman–Crippen MR) is 139 cm³/mol. The molecule has 5 nitrogen and oxygen atoms in total. The summed E-state index contributed by atoms with van der Waals surface area (Å²) in [6.07, 6.45) is 8.00. The van der Waals surface area contributed by atoms with E-state index in [0.717, 1.165) is 51.4 Å². The highest BCUT2D eigenvalue weighted by Crippen LogP contribution is 2.67. The van der Waals surface area contributed by atoms with Crippen LogP contribution in [0.4, 0.5) is 0 Å². The zero-order chi connectivity index (χ0) is 25.7. The van der Waals surface area contributed by atoms with Gasteiger partial charge < -0.3 is 10.1 Å². The molecule has 3 fully saturated rings. The maximum atomic E-state index is 12.9. The Labute approximate surface area is 215 Å². The second kappa shape index (κ2) is 9.46. The molecule has 0 radical (unpaired) electrons. The van der Waals surface area contributed by atoms with E-state index in [9.17, 15) is 14.4 Å². The van der Waals surface area contributed by atoms with Crippen LogP contribution >= 0.6 is 0 Å². The lowest BCUT2D eigenvalue weighted by Crippen LogP contribution is -2.52. The van der Waals surface area contributed by atoms with Crippen molar-refractivity contribution >= 4 is 17.7 Å². The van der Waals surface area contributed by atoms with Crippen molar-refractivity contribution in [2.45, 2.75) is 85.2 Å². The Morgan fingerprint density at radius 2 is 1.69 bits per heavy atom. The van der Waals surface area contributed by atoms with Gasteiger partial charge in [-0.15, -0.1) is 0 Å². The zero-order valence-corrected chi connectivity index (χ0v) is 22.3. The van der Waals surface area contributed by atoms with Crippen LogP contribution in [0.5, 0.6) is 0 Å². The summed E-state index contributed by atoms with van der Waals surface area (Å²) >= 11 is 0. The minimum Gasteiger partial charge on any atom is -0.462 e. The van der Waals surface area contributed by atoms with E-state index in [1.807, 2.05) is 30.3 Å². The Kier molecular flexibility index (Phi) is 6.63. The molecule has 4 aliphatic carbocycles. The third-order valence-corrected chi connectivity index (χ3v) is 10.6. The van der Waals surface area contributed by atoms with Crippen LogP contribution in [0.3, 0.4) is 0 Å². The first-order valence-corrected chi connectivity index (χ1v) is 13.9. The molecule has 3 saturated carbocycles. The molecule has 1 N–H and O–H groups in total. The summed E-state index contributed by atoms with van der Waals surface area (Å²) in [7, 11) is 0. The Hall–Kier alpha value is -2.43. The monoisotopic (exact) mass is 491 g/mol. The number of carbonyl (C=O) groups excluding carboxylic acids is 3. The van der Waals surface area contributed by atoms with Crippen molar-refractivity contribution in [1.82, 2.24) is 5.32 Å². The molecule has 0 heterocycles. The van der Waals surface area contributed by atoms with E-state index in [-0.39, 0.29) is 34.7 Å². The van der Waals surface area contributed by atoms with Crippen molar-refractivity contribution in [3.63, 3.8) is 0 Å². The minimum absolute atomic E-state index is 0.0501. The van der Waals surface area contributed by atoms with E-state index in [0.29, 0.717) is 35.6 Å². The first kappa shape index (κ1) is 25.2. The number of benzene rings is 1. The van der Waals surface area contributed by atoms with Crippen LogP contribution in [0.1, 0.15) is 89.4 Å². The van der Waals surface area contributed by atoms with Gasteiger partial charge in [-0.25, -0.2) is 0 Å². The van der Waals surface area contributed by atoms with Crippen molar-refractivity contribution in [3.8, 4) is 0 Å². The fraction of sp³-hybridized carbons (Fsp3) is 0.645. The fourth-order valence-electron chi connectivity index (χ4n) is 8.96. The van der Waals surface area contributed by atoms with Crippen molar-refractivity contribution in [2.24, 2.45) is 34.5 Å². The maximum absolute atomic E-state index is 12.9. The van der Waals surface area contributed by atoms with E-state index < -0.39 is 0 Å². The SMILES string of the molecule is CC(=O)O[C@H]1CC[C@@]2(C)C(=C(CNC(=O)c3ccccc3)CC3C2CC[C@@]2(C)C3CC[C@@H]2C(C)=O)C1. The Morgan fingerprint density at radius 1 is 0.944 bits per heavy atom. The molecule has 7 atom stereocenters. The summed E-state index contributed by atoms with van der Waals surface area (Å²) in [5.41, 5.74) is 3.57. The van der Waals surface area contributed by atoms with Gasteiger partial charge in [-0.05, 0) is 92.6 Å². The second-order valence-electron chi connectivity index (χ2n) is 12.4. The number of esters is 1. The summed E-state index contributed by atoms with van der Waals surface area (Å²) in [6, 6.07) is 9.38. The smallest absolute Gasteiger partial charge is 0.302 e. The summed E-state index contributed by atoms with van der Waals surface area (Å²) in [4.78, 5) is 37.2. The van der Waals surface area contributed by atoms with Crippen molar-refractivity contribution < 1.29 is 19.1 Å². The van der Waals surface area contributed by atoms with Crippen LogP contribution in [0, 0.1) is 34.5 Å². The van der Waals surface area contributed by atoms with Gasteiger partial charge in [0.2, 0.25) is 0 Å². The highest BCUT2D eigenvalue weighted by molar-refractivity contribution is 5.94. The average molecular weight is 492 g/mol. The van der Waals surface area contributed by atoms with Crippen LogP contribution in [0.25, 0.3) is 0 Å². The minimum atomic E-state index is -0.216. The first-order chi connectivity index (χ1) is 17.1. The van der Waals surface area contributed by atoms with E-state index in [1.54, 1.807) is 6.92 Å². The van der Waals surface area contributed by atoms with Gasteiger partial charge >= 0.3 is 5.97 Å². The molecule has 1 aromatic carbocycles. The lowest BCUT2D eigenvalue weighted by molar-refractivity contribution is -0.149. The predicted octanol–water partition coefficient (Wildman–Crippen LogP) is 5.89. The largest absolute Gasteiger partial charge is 0.462 e. The number of hydrogen-bond acceptors (Lipinski definition) is 4. The van der Waals surface area contributed by atoms with Gasteiger partial charge in [-0.1, -0.05) is 43.2 Å². The third kappa shape index (κ3) is 4.22. The molecule has 0 bridgehead atoms. The molecule has 1 amide bonds. The standard InChI is InChI=1S/C31H41NO4/c1-19(33)25-10-11-26-24-16-22(18-32-29(35)21-8-6-5-7-9-21)28-17-23(36-20(2)34)12-14-31(28,4)27(24)13-15-30(25,26)3/h5-9,23-27H,10-18H2,1-4H3,(H,32,35)/t23-,24?,25+,26?,27?,30+,31+/m0/s1. The first-order valence-electron chi connectivity index (χ1n) is 13.9. The molecule has 4 aliphatic rings. The normalized spacial score (nSPS) is 37.4. The Balaban J connectivity index is 1.47. The average Bonchev–Trinajstić information content (AvgIpc) is 3.20. The fourth-order valence-corrected chi connectivity index (χ4v) is 8.96. The number of carbonyl (C=O) groups is 3. The van der Waals surface area contributed by atoms with Crippen LogP contribution in [0.2, 0.25) is 0 Å². The van der Waals surface area contributed by atoms with Gasteiger partial charge in [-0.3, -0.25) is 14.4 Å². The Morgan fingerprint density at radius 3 is 2.39 bits per heavy atom. The number of fused-ring (bicyclic) bond motifs is 5. The summed E-state index contributed by atoms with van der Waals surface area (Å²) in [5, 5.41) is 3.21. The quantitative estimate of drug-likeness (QED) is 0.412. The highest BCUT2D eigenvalue weighted by Gasteiger charge is 2.60. The molecular formula is C31H41NO4. The van der Waals surface area contributed by atoms with Gasteiger partial charge in [0, 0.05) is 31.4 Å². The third-order valence-electron chi connectivity index (χ3n) is 10.6. The van der Waals surface area contributed by atoms with Gasteiger partial charge in [0.25, 0.3) is 5.91 Å². The lowest BCUT2D eigenvalue weighted by Gasteiger charge is -2.59. The number of Topliss-reactive ketones (excluding diaryl/α,β-unsaturated/α-hetero) is 1. The molecule has 194 valence electrons. The number of nitrogens with one attached hydrogen (secondary N) is 1. The van der Waals surface area contributed by atoms with Crippen molar-refractivity contribution in [2.75, 3.05) is 6.54 Å². The topological polar surface area (TPSA) is 72.5 Å². The van der Waals surface area contributed by atoms with Crippen LogP contribution < -0.4 is 5.32 Å². The summed E-state index contributed by atoms with van der Waals surface area (Å²) in [6.45, 7) is 8.62. The molecule has 0 aliphatic heterocycles. The lowest BCUT2D eigenvalue weighted by atomic mass is 9.46. The maximum Gasteiger partial charge on any atom is 0.302 e. The Bertz CT molecular complexity index is 1080. The number of ether oxygens (including phenoxy) is 1. The number of hydrogen-bond donors (Lipinski definition) is 1. The zero-order valence-electron chi connectivity index (χ0n) is 22.3. The van der Waals surface area contributed by atoms with Crippen LogP contribution in [-0.4, -0.2) is 30.3 Å². The molecule has 5 rings (SSSR count). The van der Waals surface area contributed by atoms with E-state index >= 15 is 0 Å². The van der Waals surface area contributed by atoms with E-state index in [1.165, 1.54) is 18.1 Å². The van der Waals surface area contributed by atoms with E-state index in [2.05, 4.69) is 19.2 Å². The van der Waals surface area contributed by atoms with Gasteiger partial charge in [0.05, 0.1) is 0 Å². The van der Waals surface area contributed by atoms with Crippen molar-refractivity contribution in [3.05, 3.63) is 47.0 Å². The molecule has 0 spiro atoms. The molecule has 0 saturated heterocycles. The number of amides is 1. The van der Waals surface area contributed by atoms with Gasteiger partial charge in [0.1, 0.15) is 11.9 Å².